The molecule has 0 aromatic heterocycles. The fraction of sp³-hybridized carbons (Fsp3) is 0.286. The first-order valence-electron chi connectivity index (χ1n) is 6.08. The van der Waals surface area contributed by atoms with Gasteiger partial charge >= 0.3 is 0 Å². The third-order valence-electron chi connectivity index (χ3n) is 2.92. The number of thiocarbonyl (C=S) groups is 1. The Bertz CT molecular complexity index is 583. The van der Waals surface area contributed by atoms with Gasteiger partial charge in [0.15, 0.2) is 5.76 Å². The van der Waals surface area contributed by atoms with Crippen LogP contribution in [-0.2, 0) is 9.53 Å². The first-order valence-corrected chi connectivity index (χ1v) is 6.49. The minimum absolute atomic E-state index is 0.177. The zero-order valence-corrected chi connectivity index (χ0v) is 12.3. The molecule has 1 fully saturated rings. The van der Waals surface area contributed by atoms with Crippen molar-refractivity contribution in [1.82, 2.24) is 4.90 Å². The Balaban J connectivity index is 2.36. The van der Waals surface area contributed by atoms with Crippen LogP contribution in [0.1, 0.15) is 12.5 Å². The highest BCUT2D eigenvalue weighted by Crippen LogP contribution is 2.28. The van der Waals surface area contributed by atoms with Gasteiger partial charge in [-0.15, -0.1) is 0 Å². The molecule has 106 valence electrons. The van der Waals surface area contributed by atoms with Crippen molar-refractivity contribution in [2.75, 3.05) is 20.8 Å². The van der Waals surface area contributed by atoms with Crippen molar-refractivity contribution in [2.45, 2.75) is 6.92 Å². The summed E-state index contributed by atoms with van der Waals surface area (Å²) in [5.41, 5.74) is 0.720. The van der Waals surface area contributed by atoms with E-state index in [1.54, 1.807) is 38.5 Å². The Morgan fingerprint density at radius 1 is 1.35 bits per heavy atom. The molecule has 0 radical (unpaired) electrons. The number of likely N-dealkylation sites (N-methyl/N-ethyl adjacent to an activating group) is 1. The van der Waals surface area contributed by atoms with Gasteiger partial charge in [0, 0.05) is 18.2 Å². The third-order valence-corrected chi connectivity index (χ3v) is 3.22. The second-order valence-electron chi connectivity index (χ2n) is 4.03. The number of benzene rings is 1. The molecule has 6 heteroatoms. The van der Waals surface area contributed by atoms with Crippen molar-refractivity contribution in [3.63, 3.8) is 0 Å². The third kappa shape index (κ3) is 2.60. The van der Waals surface area contributed by atoms with Crippen molar-refractivity contribution in [3.05, 3.63) is 29.5 Å². The molecule has 1 amide bonds. The Morgan fingerprint density at radius 3 is 2.65 bits per heavy atom. The van der Waals surface area contributed by atoms with Crippen LogP contribution in [0.25, 0.3) is 6.08 Å². The van der Waals surface area contributed by atoms with Gasteiger partial charge in [-0.25, -0.2) is 0 Å². The minimum Gasteiger partial charge on any atom is -0.497 e. The van der Waals surface area contributed by atoms with E-state index in [1.807, 2.05) is 6.92 Å². The zero-order chi connectivity index (χ0) is 14.7. The predicted octanol–water partition coefficient (Wildman–Crippen LogP) is 2.21. The number of amides is 1. The number of nitrogens with zero attached hydrogens (tertiary/aromatic N) is 1. The van der Waals surface area contributed by atoms with E-state index in [4.69, 9.17) is 26.4 Å². The fourth-order valence-electron chi connectivity index (χ4n) is 1.85. The molecule has 0 atom stereocenters. The monoisotopic (exact) mass is 293 g/mol. The summed E-state index contributed by atoms with van der Waals surface area (Å²) >= 11 is 5.00. The summed E-state index contributed by atoms with van der Waals surface area (Å²) in [7, 11) is 3.13. The molecule has 1 aliphatic heterocycles. The summed E-state index contributed by atoms with van der Waals surface area (Å²) in [4.78, 5) is 13.5. The number of hydrogen-bond donors (Lipinski definition) is 0. The number of hydrogen-bond acceptors (Lipinski definition) is 5. The number of ether oxygens (including phenoxy) is 3. The van der Waals surface area contributed by atoms with E-state index < -0.39 is 0 Å². The summed E-state index contributed by atoms with van der Waals surface area (Å²) in [6.45, 7) is 2.32. The van der Waals surface area contributed by atoms with Gasteiger partial charge in [-0.2, -0.15) is 0 Å². The van der Waals surface area contributed by atoms with Gasteiger partial charge in [0.2, 0.25) is 0 Å². The van der Waals surface area contributed by atoms with Crippen LogP contribution in [0.2, 0.25) is 0 Å². The summed E-state index contributed by atoms with van der Waals surface area (Å²) in [6, 6.07) is 5.31. The standard InChI is InChI=1S/C14H15NO4S/c1-4-15-13(16)12(19-14(15)20)7-9-5-6-10(17-2)8-11(9)18-3/h5-8H,4H2,1-3H3. The van der Waals surface area contributed by atoms with E-state index in [-0.39, 0.29) is 16.8 Å². The van der Waals surface area contributed by atoms with Crippen molar-refractivity contribution in [1.29, 1.82) is 0 Å². The van der Waals surface area contributed by atoms with Crippen LogP contribution < -0.4 is 9.47 Å². The summed E-state index contributed by atoms with van der Waals surface area (Å²) < 4.78 is 15.7. The average molecular weight is 293 g/mol. The van der Waals surface area contributed by atoms with Crippen LogP contribution in [0.3, 0.4) is 0 Å². The van der Waals surface area contributed by atoms with E-state index in [2.05, 4.69) is 0 Å². The predicted molar refractivity (Wildman–Crippen MR) is 78.6 cm³/mol. The SMILES string of the molecule is CCN1C(=O)C(=Cc2ccc(OC)cc2OC)OC1=S. The molecule has 0 saturated carbocycles. The largest absolute Gasteiger partial charge is 0.497 e. The number of rotatable bonds is 4. The Labute approximate surface area is 122 Å². The highest BCUT2D eigenvalue weighted by molar-refractivity contribution is 7.80. The lowest BCUT2D eigenvalue weighted by Gasteiger charge is -2.07. The highest BCUT2D eigenvalue weighted by Gasteiger charge is 2.32. The Hall–Kier alpha value is -2.08. The quantitative estimate of drug-likeness (QED) is 0.629. The maximum atomic E-state index is 12.1. The summed E-state index contributed by atoms with van der Waals surface area (Å²) in [6.07, 6.45) is 1.61. The summed E-state index contributed by atoms with van der Waals surface area (Å²) in [5, 5.41) is 0.177. The lowest BCUT2D eigenvalue weighted by atomic mass is 10.1. The molecule has 1 saturated heterocycles. The van der Waals surface area contributed by atoms with Crippen LogP contribution >= 0.6 is 12.2 Å². The second-order valence-corrected chi connectivity index (χ2v) is 4.38. The molecule has 20 heavy (non-hydrogen) atoms. The van der Waals surface area contributed by atoms with Crippen LogP contribution in [0, 0.1) is 0 Å². The van der Waals surface area contributed by atoms with Crippen LogP contribution in [0.15, 0.2) is 24.0 Å². The Kier molecular flexibility index (Phi) is 4.24. The van der Waals surface area contributed by atoms with Crippen molar-refractivity contribution < 1.29 is 19.0 Å². The second kappa shape index (κ2) is 5.92. The lowest BCUT2D eigenvalue weighted by molar-refractivity contribution is -0.122. The topological polar surface area (TPSA) is 48.0 Å². The highest BCUT2D eigenvalue weighted by atomic mass is 32.1. The molecule has 0 unspecified atom stereocenters. The van der Waals surface area contributed by atoms with Gasteiger partial charge < -0.3 is 14.2 Å². The van der Waals surface area contributed by atoms with E-state index in [9.17, 15) is 4.79 Å². The maximum Gasteiger partial charge on any atom is 0.297 e. The van der Waals surface area contributed by atoms with Crippen molar-refractivity contribution in [2.24, 2.45) is 0 Å². The van der Waals surface area contributed by atoms with Gasteiger partial charge in [0.05, 0.1) is 14.2 Å². The van der Waals surface area contributed by atoms with Crippen LogP contribution in [0.4, 0.5) is 0 Å². The van der Waals surface area contributed by atoms with E-state index in [0.717, 1.165) is 5.56 Å². The molecule has 1 heterocycles. The van der Waals surface area contributed by atoms with E-state index >= 15 is 0 Å². The molecular formula is C14H15NO4S. The smallest absolute Gasteiger partial charge is 0.297 e. The molecule has 1 aliphatic rings. The first kappa shape index (κ1) is 14.3. The van der Waals surface area contributed by atoms with Crippen molar-refractivity contribution in [3.8, 4) is 11.5 Å². The maximum absolute atomic E-state index is 12.1. The van der Waals surface area contributed by atoms with Gasteiger partial charge in [0.25, 0.3) is 11.1 Å². The molecule has 5 nitrogen and oxygen atoms in total. The molecule has 0 spiro atoms. The first-order chi connectivity index (χ1) is 9.60. The molecule has 0 aliphatic carbocycles. The van der Waals surface area contributed by atoms with E-state index in [0.29, 0.717) is 18.0 Å². The zero-order valence-electron chi connectivity index (χ0n) is 11.5. The molecular weight excluding hydrogens is 278 g/mol. The number of methoxy groups -OCH3 is 2. The van der Waals surface area contributed by atoms with Gasteiger partial charge in [0.1, 0.15) is 11.5 Å². The normalized spacial score (nSPS) is 16.6. The average Bonchev–Trinajstić information content (AvgIpc) is 2.73. The summed E-state index contributed by atoms with van der Waals surface area (Å²) in [5.74, 6) is 1.22. The molecule has 1 aromatic carbocycles. The van der Waals surface area contributed by atoms with E-state index in [1.165, 1.54) is 4.90 Å². The van der Waals surface area contributed by atoms with Gasteiger partial charge in [-0.1, -0.05) is 0 Å². The molecule has 0 N–H and O–H groups in total. The van der Waals surface area contributed by atoms with Crippen LogP contribution in [-0.4, -0.2) is 36.7 Å². The van der Waals surface area contributed by atoms with Gasteiger partial charge in [-0.05, 0) is 37.4 Å². The van der Waals surface area contributed by atoms with Gasteiger partial charge in [-0.3, -0.25) is 9.69 Å². The van der Waals surface area contributed by atoms with Crippen LogP contribution in [0.5, 0.6) is 11.5 Å². The number of carbonyl (C=O) groups excluding carboxylic acids is 1. The Morgan fingerprint density at radius 2 is 2.10 bits per heavy atom. The lowest BCUT2D eigenvalue weighted by Crippen LogP contribution is -2.27. The fourth-order valence-corrected chi connectivity index (χ4v) is 2.15. The molecule has 2 rings (SSSR count). The van der Waals surface area contributed by atoms with Crippen molar-refractivity contribution >= 4 is 29.4 Å². The molecule has 0 bridgehead atoms. The minimum atomic E-state index is -0.240. The molecule has 1 aromatic rings. The number of carbonyl (C=O) groups is 1.